The minimum atomic E-state index is -0.469. The Labute approximate surface area is 197 Å². The van der Waals surface area contributed by atoms with Crippen molar-refractivity contribution in [3.8, 4) is 5.75 Å². The number of halogens is 1. The van der Waals surface area contributed by atoms with Crippen LogP contribution in [0.25, 0.3) is 0 Å². The number of pyridine rings is 1. The summed E-state index contributed by atoms with van der Waals surface area (Å²) in [6.45, 7) is 4.84. The number of nitrogens with one attached hydrogen (secondary N) is 2. The van der Waals surface area contributed by atoms with Crippen molar-refractivity contribution >= 4 is 23.3 Å². The van der Waals surface area contributed by atoms with Gasteiger partial charge in [0.1, 0.15) is 18.9 Å². The minimum Gasteiger partial charge on any atom is -0.492 e. The van der Waals surface area contributed by atoms with Gasteiger partial charge in [0.05, 0.1) is 18.4 Å². The van der Waals surface area contributed by atoms with Crippen LogP contribution in [0.2, 0.25) is 0 Å². The predicted octanol–water partition coefficient (Wildman–Crippen LogP) is 3.01. The zero-order valence-corrected chi connectivity index (χ0v) is 19.5. The SMILES string of the molecule is Cc1ccc(OCCN(C)C(=O)Cn2cc(NC(=O)CCNc3nc(C)ccc3F)cn2)cc1. The van der Waals surface area contributed by atoms with Gasteiger partial charge in [-0.25, -0.2) is 9.37 Å². The number of rotatable bonds is 11. The molecule has 2 aromatic heterocycles. The maximum Gasteiger partial charge on any atom is 0.244 e. The molecule has 2 N–H and O–H groups in total. The molecule has 0 saturated heterocycles. The molecular weight excluding hydrogens is 439 g/mol. The average molecular weight is 469 g/mol. The van der Waals surface area contributed by atoms with Gasteiger partial charge in [-0.1, -0.05) is 17.7 Å². The molecule has 0 bridgehead atoms. The lowest BCUT2D eigenvalue weighted by Gasteiger charge is -2.17. The van der Waals surface area contributed by atoms with Gasteiger partial charge in [0.2, 0.25) is 11.8 Å². The number of hydrogen-bond donors (Lipinski definition) is 2. The molecule has 3 aromatic rings. The van der Waals surface area contributed by atoms with Crippen LogP contribution in [0.3, 0.4) is 0 Å². The molecule has 0 radical (unpaired) electrons. The molecule has 180 valence electrons. The van der Waals surface area contributed by atoms with E-state index >= 15 is 0 Å². The molecule has 9 nitrogen and oxygen atoms in total. The number of anilines is 2. The van der Waals surface area contributed by atoms with Gasteiger partial charge in [-0.15, -0.1) is 0 Å². The van der Waals surface area contributed by atoms with Crippen molar-refractivity contribution in [2.75, 3.05) is 37.4 Å². The number of ether oxygens (including phenoxy) is 1. The monoisotopic (exact) mass is 468 g/mol. The fourth-order valence-electron chi connectivity index (χ4n) is 3.02. The highest BCUT2D eigenvalue weighted by atomic mass is 19.1. The number of aryl methyl sites for hydroxylation is 2. The molecule has 1 aromatic carbocycles. The second kappa shape index (κ2) is 11.8. The molecule has 0 aliphatic carbocycles. The summed E-state index contributed by atoms with van der Waals surface area (Å²) in [7, 11) is 1.70. The van der Waals surface area contributed by atoms with E-state index in [9.17, 15) is 14.0 Å². The third-order valence-corrected chi connectivity index (χ3v) is 4.99. The van der Waals surface area contributed by atoms with E-state index in [-0.39, 0.29) is 37.1 Å². The molecule has 0 aliphatic rings. The van der Waals surface area contributed by atoms with Gasteiger partial charge in [0.25, 0.3) is 0 Å². The summed E-state index contributed by atoms with van der Waals surface area (Å²) in [5.74, 6) is 0.00714. The highest BCUT2D eigenvalue weighted by molar-refractivity contribution is 5.90. The summed E-state index contributed by atoms with van der Waals surface area (Å²) in [5.41, 5.74) is 2.31. The van der Waals surface area contributed by atoms with Gasteiger partial charge >= 0.3 is 0 Å². The Kier molecular flexibility index (Phi) is 8.55. The van der Waals surface area contributed by atoms with Crippen LogP contribution in [0.5, 0.6) is 5.75 Å². The van der Waals surface area contributed by atoms with Crippen molar-refractivity contribution in [1.82, 2.24) is 19.7 Å². The van der Waals surface area contributed by atoms with Gasteiger partial charge < -0.3 is 20.3 Å². The molecule has 2 amide bonds. The predicted molar refractivity (Wildman–Crippen MR) is 127 cm³/mol. The third kappa shape index (κ3) is 7.58. The van der Waals surface area contributed by atoms with Crippen LogP contribution >= 0.6 is 0 Å². The molecule has 0 unspecified atom stereocenters. The summed E-state index contributed by atoms with van der Waals surface area (Å²) < 4.78 is 20.8. The molecule has 3 rings (SSSR count). The quantitative estimate of drug-likeness (QED) is 0.449. The van der Waals surface area contributed by atoms with Crippen molar-refractivity contribution < 1.29 is 18.7 Å². The zero-order valence-electron chi connectivity index (χ0n) is 19.5. The normalized spacial score (nSPS) is 10.6. The number of benzene rings is 1. The van der Waals surface area contributed by atoms with Gasteiger partial charge in [-0.05, 0) is 38.1 Å². The van der Waals surface area contributed by atoms with E-state index in [4.69, 9.17) is 4.74 Å². The number of carbonyl (C=O) groups excluding carboxylic acids is 2. The van der Waals surface area contributed by atoms with Gasteiger partial charge in [-0.3, -0.25) is 14.3 Å². The number of nitrogens with zero attached hydrogens (tertiary/aromatic N) is 4. The molecule has 0 spiro atoms. The van der Waals surface area contributed by atoms with E-state index in [1.54, 1.807) is 31.1 Å². The number of aromatic nitrogens is 3. The number of hydrogen-bond acceptors (Lipinski definition) is 6. The maximum absolute atomic E-state index is 13.7. The topological polar surface area (TPSA) is 101 Å². The Hall–Kier alpha value is -3.95. The van der Waals surface area contributed by atoms with E-state index in [1.165, 1.54) is 16.9 Å². The van der Waals surface area contributed by atoms with Crippen LogP contribution in [0.15, 0.2) is 48.8 Å². The van der Waals surface area contributed by atoms with Crippen molar-refractivity contribution in [2.24, 2.45) is 0 Å². The van der Waals surface area contributed by atoms with Crippen LogP contribution < -0.4 is 15.4 Å². The molecule has 10 heteroatoms. The average Bonchev–Trinajstić information content (AvgIpc) is 3.23. The molecule has 0 atom stereocenters. The first-order valence-electron chi connectivity index (χ1n) is 10.9. The molecule has 2 heterocycles. The third-order valence-electron chi connectivity index (χ3n) is 4.99. The van der Waals surface area contributed by atoms with Crippen LogP contribution in [-0.2, 0) is 16.1 Å². The molecular formula is C24H29FN6O3. The summed E-state index contributed by atoms with van der Waals surface area (Å²) in [5, 5.41) is 9.65. The summed E-state index contributed by atoms with van der Waals surface area (Å²) in [6, 6.07) is 10.6. The molecule has 0 saturated carbocycles. The lowest BCUT2D eigenvalue weighted by atomic mass is 10.2. The summed E-state index contributed by atoms with van der Waals surface area (Å²) in [6.07, 6.45) is 3.17. The van der Waals surface area contributed by atoms with Crippen molar-refractivity contribution in [3.05, 3.63) is 65.9 Å². The number of amides is 2. The highest BCUT2D eigenvalue weighted by Crippen LogP contribution is 2.12. The Morgan fingerprint density at radius 3 is 2.68 bits per heavy atom. The summed E-state index contributed by atoms with van der Waals surface area (Å²) >= 11 is 0. The standard InChI is InChI=1S/C24H29FN6O3/c1-17-4-7-20(8-5-17)34-13-12-30(3)23(33)16-31-15-19(14-27-31)29-22(32)10-11-26-24-21(25)9-6-18(2)28-24/h4-9,14-15H,10-13,16H2,1-3H3,(H,26,28)(H,29,32). The first-order valence-corrected chi connectivity index (χ1v) is 10.9. The first kappa shape index (κ1) is 24.7. The van der Waals surface area contributed by atoms with Crippen molar-refractivity contribution in [3.63, 3.8) is 0 Å². The van der Waals surface area contributed by atoms with Gasteiger partial charge in [-0.2, -0.15) is 5.10 Å². The van der Waals surface area contributed by atoms with Crippen LogP contribution in [0.4, 0.5) is 15.9 Å². The fraction of sp³-hybridized carbons (Fsp3) is 0.333. The van der Waals surface area contributed by atoms with Crippen molar-refractivity contribution in [1.29, 1.82) is 0 Å². The molecule has 0 aliphatic heterocycles. The van der Waals surface area contributed by atoms with Gasteiger partial charge in [0.15, 0.2) is 11.6 Å². The maximum atomic E-state index is 13.7. The number of carbonyl (C=O) groups is 2. The van der Waals surface area contributed by atoms with E-state index < -0.39 is 5.82 Å². The van der Waals surface area contributed by atoms with Crippen molar-refractivity contribution in [2.45, 2.75) is 26.8 Å². The Balaban J connectivity index is 1.38. The zero-order chi connectivity index (χ0) is 24.5. The lowest BCUT2D eigenvalue weighted by molar-refractivity contribution is -0.131. The first-order chi connectivity index (χ1) is 16.3. The van der Waals surface area contributed by atoms with E-state index in [0.29, 0.717) is 24.5 Å². The highest BCUT2D eigenvalue weighted by Gasteiger charge is 2.12. The minimum absolute atomic E-state index is 0.0385. The second-order valence-electron chi connectivity index (χ2n) is 7.91. The van der Waals surface area contributed by atoms with Crippen LogP contribution in [0, 0.1) is 19.7 Å². The molecule has 0 fully saturated rings. The van der Waals surface area contributed by atoms with E-state index in [2.05, 4.69) is 20.7 Å². The second-order valence-corrected chi connectivity index (χ2v) is 7.91. The Bertz CT molecular complexity index is 1120. The Morgan fingerprint density at radius 2 is 1.91 bits per heavy atom. The lowest BCUT2D eigenvalue weighted by Crippen LogP contribution is -2.33. The van der Waals surface area contributed by atoms with Gasteiger partial charge in [0, 0.05) is 31.9 Å². The fourth-order valence-corrected chi connectivity index (χ4v) is 3.02. The van der Waals surface area contributed by atoms with Crippen LogP contribution in [-0.4, -0.2) is 58.2 Å². The number of likely N-dealkylation sites (N-methyl/N-ethyl adjacent to an activating group) is 1. The smallest absolute Gasteiger partial charge is 0.244 e. The Morgan fingerprint density at radius 1 is 1.15 bits per heavy atom. The molecule has 34 heavy (non-hydrogen) atoms. The largest absolute Gasteiger partial charge is 0.492 e. The van der Waals surface area contributed by atoms with E-state index in [1.807, 2.05) is 31.2 Å². The van der Waals surface area contributed by atoms with E-state index in [0.717, 1.165) is 11.3 Å². The summed E-state index contributed by atoms with van der Waals surface area (Å²) in [4.78, 5) is 30.2. The van der Waals surface area contributed by atoms with Crippen LogP contribution in [0.1, 0.15) is 17.7 Å².